The molecule has 0 heterocycles. The smallest absolute Gasteiger partial charge is 0.321 e. The zero-order valence-corrected chi connectivity index (χ0v) is 9.34. The summed E-state index contributed by atoms with van der Waals surface area (Å²) < 4.78 is 27.5. The summed E-state index contributed by atoms with van der Waals surface area (Å²) in [6, 6.07) is 1.98. The highest BCUT2D eigenvalue weighted by molar-refractivity contribution is 7.92. The molecule has 0 atom stereocenters. The third-order valence-electron chi connectivity index (χ3n) is 2.23. The van der Waals surface area contributed by atoms with Gasteiger partial charge in [-0.3, -0.25) is 4.79 Å². The molecule has 0 aromatic heterocycles. The number of carbonyl (C=O) groups is 1. The molecule has 1 rings (SSSR count). The van der Waals surface area contributed by atoms with Crippen molar-refractivity contribution in [3.63, 3.8) is 0 Å². The van der Waals surface area contributed by atoms with Crippen LogP contribution in [0.25, 0.3) is 0 Å². The number of hydrogen-bond donors (Lipinski definition) is 0. The summed E-state index contributed by atoms with van der Waals surface area (Å²) in [7, 11) is -3.51. The third-order valence-corrected chi connectivity index (χ3v) is 3.90. The van der Waals surface area contributed by atoms with Gasteiger partial charge in [0.15, 0.2) is 9.84 Å². The van der Waals surface area contributed by atoms with Crippen LogP contribution in [-0.4, -0.2) is 32.5 Å². The molecule has 1 aliphatic carbocycles. The number of hydrogen-bond acceptors (Lipinski definition) is 5. The van der Waals surface area contributed by atoms with Crippen molar-refractivity contribution in [1.29, 1.82) is 5.26 Å². The van der Waals surface area contributed by atoms with Crippen LogP contribution in [-0.2, 0) is 19.4 Å². The van der Waals surface area contributed by atoms with E-state index < -0.39 is 27.0 Å². The summed E-state index contributed by atoms with van der Waals surface area (Å²) in [6.45, 7) is 1.78. The summed E-state index contributed by atoms with van der Waals surface area (Å²) in [5.41, 5.74) is -0.731. The zero-order valence-electron chi connectivity index (χ0n) is 8.52. The zero-order chi connectivity index (χ0) is 11.5. The fourth-order valence-electron chi connectivity index (χ4n) is 1.29. The first-order valence-corrected chi connectivity index (χ1v) is 6.52. The molecule has 0 saturated heterocycles. The van der Waals surface area contributed by atoms with E-state index in [0.29, 0.717) is 12.8 Å². The Morgan fingerprint density at radius 3 is 2.53 bits per heavy atom. The molecule has 0 bridgehead atoms. The number of ether oxygens (including phenoxy) is 1. The molecule has 6 heteroatoms. The van der Waals surface area contributed by atoms with E-state index in [0.717, 1.165) is 0 Å². The second-order valence-electron chi connectivity index (χ2n) is 3.73. The minimum absolute atomic E-state index is 0.164. The molecule has 1 fully saturated rings. The van der Waals surface area contributed by atoms with Gasteiger partial charge in [-0.05, 0) is 19.8 Å². The fraction of sp³-hybridized carbons (Fsp3) is 0.778. The van der Waals surface area contributed by atoms with E-state index in [4.69, 9.17) is 5.26 Å². The van der Waals surface area contributed by atoms with Crippen molar-refractivity contribution in [3.8, 4) is 6.07 Å². The first-order valence-electron chi connectivity index (χ1n) is 4.70. The molecule has 0 unspecified atom stereocenters. The Labute approximate surface area is 88.9 Å². The van der Waals surface area contributed by atoms with Gasteiger partial charge in [-0.25, -0.2) is 8.42 Å². The van der Waals surface area contributed by atoms with E-state index in [9.17, 15) is 13.2 Å². The summed E-state index contributed by atoms with van der Waals surface area (Å²) >= 11 is 0. The van der Waals surface area contributed by atoms with E-state index in [1.165, 1.54) is 0 Å². The van der Waals surface area contributed by atoms with Gasteiger partial charge < -0.3 is 4.74 Å². The lowest BCUT2D eigenvalue weighted by molar-refractivity contribution is -0.139. The van der Waals surface area contributed by atoms with Gasteiger partial charge in [0, 0.05) is 0 Å². The maximum absolute atomic E-state index is 11.5. The van der Waals surface area contributed by atoms with E-state index in [-0.39, 0.29) is 12.4 Å². The molecule has 0 spiro atoms. The van der Waals surface area contributed by atoms with Crippen molar-refractivity contribution in [3.05, 3.63) is 0 Å². The SMILES string of the molecule is CCOC(=O)CS(=O)(=O)CC1(C#N)CC1. The number of sulfone groups is 1. The van der Waals surface area contributed by atoms with Crippen molar-refractivity contribution in [2.75, 3.05) is 18.1 Å². The molecular formula is C9H13NO4S. The number of carbonyl (C=O) groups excluding carboxylic acids is 1. The summed E-state index contributed by atoms with van der Waals surface area (Å²) in [5.74, 6) is -1.59. The molecular weight excluding hydrogens is 218 g/mol. The molecule has 1 saturated carbocycles. The van der Waals surface area contributed by atoms with Crippen molar-refractivity contribution in [2.45, 2.75) is 19.8 Å². The lowest BCUT2D eigenvalue weighted by Crippen LogP contribution is -2.25. The largest absolute Gasteiger partial charge is 0.465 e. The normalized spacial score (nSPS) is 17.9. The molecule has 1 aliphatic rings. The molecule has 0 aromatic carbocycles. The lowest BCUT2D eigenvalue weighted by atomic mass is 10.2. The van der Waals surface area contributed by atoms with Gasteiger partial charge in [0.25, 0.3) is 0 Å². The first kappa shape index (κ1) is 12.0. The van der Waals surface area contributed by atoms with Crippen LogP contribution >= 0.6 is 0 Å². The van der Waals surface area contributed by atoms with Gasteiger partial charge in [-0.1, -0.05) is 0 Å². The van der Waals surface area contributed by atoms with Gasteiger partial charge >= 0.3 is 5.97 Å². The monoisotopic (exact) mass is 231 g/mol. The molecule has 15 heavy (non-hydrogen) atoms. The Kier molecular flexibility index (Phi) is 3.35. The van der Waals surface area contributed by atoms with Gasteiger partial charge in [-0.2, -0.15) is 5.26 Å². The highest BCUT2D eigenvalue weighted by Crippen LogP contribution is 2.45. The average Bonchev–Trinajstić information content (AvgIpc) is 2.83. The van der Waals surface area contributed by atoms with Crippen molar-refractivity contribution >= 4 is 15.8 Å². The number of nitrogens with zero attached hydrogens (tertiary/aromatic N) is 1. The van der Waals surface area contributed by atoms with Gasteiger partial charge in [-0.15, -0.1) is 0 Å². The molecule has 0 amide bonds. The predicted octanol–water partition coefficient (Wildman–Crippen LogP) is 0.268. The number of rotatable bonds is 5. The van der Waals surface area contributed by atoms with Gasteiger partial charge in [0.2, 0.25) is 0 Å². The van der Waals surface area contributed by atoms with Crippen LogP contribution in [0.5, 0.6) is 0 Å². The highest BCUT2D eigenvalue weighted by Gasteiger charge is 2.47. The molecule has 0 aliphatic heterocycles. The van der Waals surface area contributed by atoms with Crippen molar-refractivity contribution in [1.82, 2.24) is 0 Å². The van der Waals surface area contributed by atoms with E-state index in [1.54, 1.807) is 6.92 Å². The number of esters is 1. The molecule has 84 valence electrons. The summed E-state index contributed by atoms with van der Waals surface area (Å²) in [5, 5.41) is 8.73. The predicted molar refractivity (Wildman–Crippen MR) is 52.6 cm³/mol. The van der Waals surface area contributed by atoms with Gasteiger partial charge in [0.05, 0.1) is 23.8 Å². The molecule has 5 nitrogen and oxygen atoms in total. The van der Waals surface area contributed by atoms with E-state index in [1.807, 2.05) is 6.07 Å². The van der Waals surface area contributed by atoms with E-state index >= 15 is 0 Å². The highest BCUT2D eigenvalue weighted by atomic mass is 32.2. The third kappa shape index (κ3) is 3.51. The first-order chi connectivity index (χ1) is 6.93. The standard InChI is InChI=1S/C9H13NO4S/c1-2-14-8(11)5-15(12,13)7-9(6-10)3-4-9/h2-5,7H2,1H3. The minimum Gasteiger partial charge on any atom is -0.465 e. The van der Waals surface area contributed by atoms with Gasteiger partial charge in [0.1, 0.15) is 5.75 Å². The Bertz CT molecular complexity index is 389. The van der Waals surface area contributed by atoms with Crippen LogP contribution in [0.2, 0.25) is 0 Å². The van der Waals surface area contributed by atoms with Crippen molar-refractivity contribution in [2.24, 2.45) is 5.41 Å². The average molecular weight is 231 g/mol. The number of nitriles is 1. The molecule has 0 N–H and O–H groups in total. The Morgan fingerprint density at radius 1 is 1.53 bits per heavy atom. The summed E-state index contributed by atoms with van der Waals surface area (Å²) in [6.07, 6.45) is 1.21. The lowest BCUT2D eigenvalue weighted by Gasteiger charge is -2.06. The van der Waals surface area contributed by atoms with E-state index in [2.05, 4.69) is 4.74 Å². The topological polar surface area (TPSA) is 84.2 Å². The minimum atomic E-state index is -3.51. The maximum Gasteiger partial charge on any atom is 0.321 e. The molecule has 0 radical (unpaired) electrons. The maximum atomic E-state index is 11.5. The van der Waals surface area contributed by atoms with Crippen LogP contribution in [0.3, 0.4) is 0 Å². The quantitative estimate of drug-likeness (QED) is 0.634. The summed E-state index contributed by atoms with van der Waals surface area (Å²) in [4.78, 5) is 11.0. The Balaban J connectivity index is 2.54. The van der Waals surface area contributed by atoms with Crippen LogP contribution in [0, 0.1) is 16.7 Å². The van der Waals surface area contributed by atoms with Crippen LogP contribution < -0.4 is 0 Å². The van der Waals surface area contributed by atoms with Crippen LogP contribution in [0.15, 0.2) is 0 Å². The Hall–Kier alpha value is -1.09. The Morgan fingerprint density at radius 2 is 2.13 bits per heavy atom. The van der Waals surface area contributed by atoms with Crippen molar-refractivity contribution < 1.29 is 17.9 Å². The molecule has 0 aromatic rings. The van der Waals surface area contributed by atoms with Crippen LogP contribution in [0.1, 0.15) is 19.8 Å². The fourth-order valence-corrected chi connectivity index (χ4v) is 3.03. The van der Waals surface area contributed by atoms with Crippen LogP contribution in [0.4, 0.5) is 0 Å². The second kappa shape index (κ2) is 4.19. The second-order valence-corrected chi connectivity index (χ2v) is 5.79.